The van der Waals surface area contributed by atoms with Crippen LogP contribution in [0.3, 0.4) is 0 Å². The number of ether oxygens (including phenoxy) is 2. The lowest BCUT2D eigenvalue weighted by Crippen LogP contribution is -2.56. The van der Waals surface area contributed by atoms with Crippen LogP contribution in [0, 0.1) is 0 Å². The number of halogens is 3. The van der Waals surface area contributed by atoms with Crippen LogP contribution in [0.5, 0.6) is 5.75 Å². The number of rotatable bonds is 2. The fourth-order valence-corrected chi connectivity index (χ4v) is 2.87. The molecule has 0 spiro atoms. The molecule has 0 bridgehead atoms. The summed E-state index contributed by atoms with van der Waals surface area (Å²) >= 11 is 0. The lowest BCUT2D eigenvalue weighted by molar-refractivity contribution is -0.287. The van der Waals surface area contributed by atoms with Crippen LogP contribution >= 0.6 is 0 Å². The summed E-state index contributed by atoms with van der Waals surface area (Å²) in [5.41, 5.74) is -1.94. The highest BCUT2D eigenvalue weighted by Gasteiger charge is 2.61. The molecule has 0 amide bonds. The Morgan fingerprint density at radius 3 is 2.64 bits per heavy atom. The van der Waals surface area contributed by atoms with Crippen molar-refractivity contribution in [3.05, 3.63) is 54.0 Å². The highest BCUT2D eigenvalue weighted by molar-refractivity contribution is 5.49. The molecule has 1 aromatic carbocycles. The molecule has 0 aromatic heterocycles. The number of allylic oxidation sites excluding steroid dienone is 1. The number of para-hydroxylation sites is 1. The Balaban J connectivity index is 2.05. The molecule has 2 aliphatic rings. The molecule has 3 nitrogen and oxygen atoms in total. The monoisotopic (exact) mass is 312 g/mol. The summed E-state index contributed by atoms with van der Waals surface area (Å²) in [5.74, 6) is 0.192. The van der Waals surface area contributed by atoms with Gasteiger partial charge >= 0.3 is 6.18 Å². The van der Waals surface area contributed by atoms with Gasteiger partial charge in [0.25, 0.3) is 0 Å². The van der Waals surface area contributed by atoms with Crippen LogP contribution in [0.2, 0.25) is 0 Å². The van der Waals surface area contributed by atoms with Crippen LogP contribution in [0.25, 0.3) is 0 Å². The van der Waals surface area contributed by atoms with Crippen molar-refractivity contribution in [1.29, 1.82) is 0 Å². The summed E-state index contributed by atoms with van der Waals surface area (Å²) in [6, 6.07) is 7.12. The summed E-state index contributed by atoms with van der Waals surface area (Å²) in [7, 11) is 0. The smallest absolute Gasteiger partial charge is 0.421 e. The van der Waals surface area contributed by atoms with Gasteiger partial charge < -0.3 is 14.6 Å². The molecule has 3 atom stereocenters. The second-order valence-corrected chi connectivity index (χ2v) is 5.37. The summed E-state index contributed by atoms with van der Waals surface area (Å²) in [6.45, 7) is 1.28. The first-order valence-electron chi connectivity index (χ1n) is 6.95. The third-order valence-corrected chi connectivity index (χ3v) is 4.19. The van der Waals surface area contributed by atoms with E-state index in [9.17, 15) is 18.3 Å². The largest absolute Gasteiger partial charge is 0.490 e. The Kier molecular flexibility index (Phi) is 3.44. The molecular weight excluding hydrogens is 297 g/mol. The van der Waals surface area contributed by atoms with Gasteiger partial charge in [0.1, 0.15) is 5.75 Å². The molecule has 3 unspecified atom stereocenters. The van der Waals surface area contributed by atoms with Crippen LogP contribution in [0.4, 0.5) is 13.2 Å². The molecule has 0 fully saturated rings. The van der Waals surface area contributed by atoms with Gasteiger partial charge in [0.05, 0.1) is 12.5 Å². The van der Waals surface area contributed by atoms with E-state index in [0.717, 1.165) is 5.56 Å². The fraction of sp³-hybridized carbons (Fsp3) is 0.375. The Hall–Kier alpha value is -1.95. The first kappa shape index (κ1) is 15.0. The van der Waals surface area contributed by atoms with E-state index in [1.165, 1.54) is 19.4 Å². The lowest BCUT2D eigenvalue weighted by Gasteiger charge is -2.41. The minimum absolute atomic E-state index is 0.267. The van der Waals surface area contributed by atoms with E-state index in [1.807, 2.05) is 0 Å². The van der Waals surface area contributed by atoms with Crippen molar-refractivity contribution < 1.29 is 27.8 Å². The Morgan fingerprint density at radius 2 is 1.95 bits per heavy atom. The van der Waals surface area contributed by atoms with Gasteiger partial charge in [-0.05, 0) is 18.6 Å². The molecule has 0 aliphatic carbocycles. The zero-order valence-electron chi connectivity index (χ0n) is 11.8. The summed E-state index contributed by atoms with van der Waals surface area (Å²) < 4.78 is 50.5. The van der Waals surface area contributed by atoms with Gasteiger partial charge in [0.15, 0.2) is 6.10 Å². The molecular formula is C16H15F3O3. The van der Waals surface area contributed by atoms with Gasteiger partial charge in [0, 0.05) is 17.1 Å². The maximum atomic E-state index is 13.3. The van der Waals surface area contributed by atoms with Crippen molar-refractivity contribution in [1.82, 2.24) is 0 Å². The SMILES string of the molecule is CCC(O)(C1OC=CC2C1=COc1ccccc12)C(F)(F)F. The summed E-state index contributed by atoms with van der Waals surface area (Å²) in [4.78, 5) is 0. The molecule has 22 heavy (non-hydrogen) atoms. The van der Waals surface area contributed by atoms with E-state index in [-0.39, 0.29) is 5.57 Å². The summed E-state index contributed by atoms with van der Waals surface area (Å²) in [5, 5.41) is 10.2. The maximum absolute atomic E-state index is 13.3. The highest BCUT2D eigenvalue weighted by Crippen LogP contribution is 2.48. The third kappa shape index (κ3) is 2.09. The van der Waals surface area contributed by atoms with Gasteiger partial charge in [-0.1, -0.05) is 25.1 Å². The summed E-state index contributed by atoms with van der Waals surface area (Å²) in [6.07, 6.45) is -2.70. The molecule has 118 valence electrons. The lowest BCUT2D eigenvalue weighted by atomic mass is 9.78. The topological polar surface area (TPSA) is 38.7 Å². The number of hydrogen-bond donors (Lipinski definition) is 1. The van der Waals surface area contributed by atoms with E-state index >= 15 is 0 Å². The average molecular weight is 312 g/mol. The van der Waals surface area contributed by atoms with Gasteiger partial charge in [-0.3, -0.25) is 0 Å². The predicted octanol–water partition coefficient (Wildman–Crippen LogP) is 3.66. The third-order valence-electron chi connectivity index (χ3n) is 4.19. The first-order chi connectivity index (χ1) is 10.4. The Morgan fingerprint density at radius 1 is 1.23 bits per heavy atom. The molecule has 0 radical (unpaired) electrons. The van der Waals surface area contributed by atoms with Crippen molar-refractivity contribution in [3.8, 4) is 5.75 Å². The van der Waals surface area contributed by atoms with E-state index in [2.05, 4.69) is 0 Å². The van der Waals surface area contributed by atoms with E-state index < -0.39 is 30.2 Å². The standard InChI is InChI=1S/C16H15F3O3/c1-2-15(20,16(17,18)19)14-12-9-22-13-6-4-3-5-11(13)10(12)7-8-21-14/h3-10,14,20H,2H2,1H3. The zero-order chi connectivity index (χ0) is 16.0. The van der Waals surface area contributed by atoms with Gasteiger partial charge in [-0.15, -0.1) is 0 Å². The normalized spacial score (nSPS) is 26.0. The molecule has 2 heterocycles. The van der Waals surface area contributed by atoms with E-state index in [4.69, 9.17) is 9.47 Å². The fourth-order valence-electron chi connectivity index (χ4n) is 2.87. The number of alkyl halides is 3. The van der Waals surface area contributed by atoms with Crippen molar-refractivity contribution in [2.45, 2.75) is 37.1 Å². The molecule has 0 saturated carbocycles. The van der Waals surface area contributed by atoms with Crippen LogP contribution < -0.4 is 4.74 Å². The van der Waals surface area contributed by atoms with Gasteiger partial charge in [-0.2, -0.15) is 13.2 Å². The quantitative estimate of drug-likeness (QED) is 0.906. The number of fused-ring (bicyclic) bond motifs is 3. The maximum Gasteiger partial charge on any atom is 0.421 e. The van der Waals surface area contributed by atoms with E-state index in [0.29, 0.717) is 5.75 Å². The first-order valence-corrected chi connectivity index (χ1v) is 6.95. The number of aliphatic hydroxyl groups is 1. The molecule has 3 rings (SSSR count). The Bertz CT molecular complexity index is 636. The second kappa shape index (κ2) is 5.05. The minimum Gasteiger partial charge on any atom is -0.490 e. The average Bonchev–Trinajstić information content (AvgIpc) is 2.52. The number of benzene rings is 1. The Labute approximate surface area is 125 Å². The molecule has 1 N–H and O–H groups in total. The van der Waals surface area contributed by atoms with Crippen molar-refractivity contribution in [3.63, 3.8) is 0 Å². The predicted molar refractivity (Wildman–Crippen MR) is 73.2 cm³/mol. The minimum atomic E-state index is -4.81. The van der Waals surface area contributed by atoms with Crippen LogP contribution in [0.15, 0.2) is 48.4 Å². The van der Waals surface area contributed by atoms with Crippen molar-refractivity contribution in [2.24, 2.45) is 0 Å². The highest BCUT2D eigenvalue weighted by atomic mass is 19.4. The van der Waals surface area contributed by atoms with Gasteiger partial charge in [-0.25, -0.2) is 0 Å². The van der Waals surface area contributed by atoms with E-state index in [1.54, 1.807) is 30.3 Å². The van der Waals surface area contributed by atoms with Gasteiger partial charge in [0.2, 0.25) is 5.60 Å². The van der Waals surface area contributed by atoms with Crippen LogP contribution in [-0.4, -0.2) is 23.0 Å². The second-order valence-electron chi connectivity index (χ2n) is 5.37. The molecule has 1 aromatic rings. The van der Waals surface area contributed by atoms with Crippen LogP contribution in [-0.2, 0) is 4.74 Å². The number of hydrogen-bond acceptors (Lipinski definition) is 3. The molecule has 2 aliphatic heterocycles. The van der Waals surface area contributed by atoms with Crippen molar-refractivity contribution in [2.75, 3.05) is 0 Å². The van der Waals surface area contributed by atoms with Crippen LogP contribution in [0.1, 0.15) is 24.8 Å². The molecule has 0 saturated heterocycles. The molecule has 6 heteroatoms. The van der Waals surface area contributed by atoms with Crippen molar-refractivity contribution >= 4 is 0 Å². The zero-order valence-corrected chi connectivity index (χ0v) is 11.8.